The maximum Gasteiger partial charge on any atom is 0.244 e. The minimum Gasteiger partial charge on any atom is -0.497 e. The van der Waals surface area contributed by atoms with Gasteiger partial charge in [-0.25, -0.2) is 19.8 Å². The van der Waals surface area contributed by atoms with E-state index in [1.165, 1.54) is 12.1 Å². The van der Waals surface area contributed by atoms with Crippen molar-refractivity contribution in [3.8, 4) is 34.0 Å². The van der Waals surface area contributed by atoms with Crippen LogP contribution in [0.3, 0.4) is 0 Å². The van der Waals surface area contributed by atoms with Gasteiger partial charge < -0.3 is 9.47 Å². The second-order valence-electron chi connectivity index (χ2n) is 6.81. The summed E-state index contributed by atoms with van der Waals surface area (Å²) in [6, 6.07) is 23.2. The summed E-state index contributed by atoms with van der Waals surface area (Å²) in [5.41, 5.74) is 6.73. The molecule has 0 aliphatic heterocycles. The van der Waals surface area contributed by atoms with Crippen LogP contribution in [0, 0.1) is 5.82 Å². The van der Waals surface area contributed by atoms with Crippen molar-refractivity contribution in [2.75, 3.05) is 19.6 Å². The normalized spacial score (nSPS) is 10.8. The molecule has 0 amide bonds. The summed E-state index contributed by atoms with van der Waals surface area (Å²) < 4.78 is 24.0. The van der Waals surface area contributed by atoms with Gasteiger partial charge in [-0.1, -0.05) is 30.3 Å². The van der Waals surface area contributed by atoms with Gasteiger partial charge in [0.1, 0.15) is 17.3 Å². The van der Waals surface area contributed by atoms with Gasteiger partial charge in [-0.2, -0.15) is 5.10 Å². The Labute approximate surface area is 185 Å². The first-order chi connectivity index (χ1) is 15.7. The van der Waals surface area contributed by atoms with Crippen LogP contribution in [0.25, 0.3) is 22.5 Å². The van der Waals surface area contributed by atoms with E-state index in [1.807, 2.05) is 48.5 Å². The molecule has 4 rings (SSSR count). The Bertz CT molecular complexity index is 1230. The van der Waals surface area contributed by atoms with Crippen LogP contribution in [0.15, 0.2) is 84.0 Å². The first kappa shape index (κ1) is 21.0. The van der Waals surface area contributed by atoms with E-state index in [0.29, 0.717) is 23.1 Å². The lowest BCUT2D eigenvalue weighted by atomic mass is 10.1. The highest BCUT2D eigenvalue weighted by Gasteiger charge is 2.09. The van der Waals surface area contributed by atoms with Crippen molar-refractivity contribution in [1.82, 2.24) is 9.97 Å². The molecule has 6 nitrogen and oxygen atoms in total. The second-order valence-corrected chi connectivity index (χ2v) is 6.81. The molecule has 1 heterocycles. The molecule has 160 valence electrons. The maximum atomic E-state index is 13.4. The zero-order chi connectivity index (χ0) is 22.3. The summed E-state index contributed by atoms with van der Waals surface area (Å²) in [6.45, 7) is 0. The van der Waals surface area contributed by atoms with Crippen molar-refractivity contribution < 1.29 is 13.9 Å². The molecule has 0 atom stereocenters. The minimum atomic E-state index is -0.303. The van der Waals surface area contributed by atoms with Crippen molar-refractivity contribution in [1.29, 1.82) is 0 Å². The fourth-order valence-corrected chi connectivity index (χ4v) is 3.11. The second kappa shape index (κ2) is 9.70. The van der Waals surface area contributed by atoms with Gasteiger partial charge in [0, 0.05) is 22.8 Å². The molecular weight excluding hydrogens is 407 g/mol. The van der Waals surface area contributed by atoms with Gasteiger partial charge in [-0.05, 0) is 42.5 Å². The Balaban J connectivity index is 1.66. The first-order valence-electron chi connectivity index (χ1n) is 9.88. The molecular formula is C25H21FN4O2. The molecule has 1 aromatic heterocycles. The molecule has 0 bridgehead atoms. The zero-order valence-electron chi connectivity index (χ0n) is 17.6. The van der Waals surface area contributed by atoms with Crippen molar-refractivity contribution in [3.05, 3.63) is 90.2 Å². The van der Waals surface area contributed by atoms with Crippen LogP contribution in [-0.4, -0.2) is 30.4 Å². The number of benzene rings is 3. The van der Waals surface area contributed by atoms with Gasteiger partial charge in [0.15, 0.2) is 0 Å². The van der Waals surface area contributed by atoms with Crippen molar-refractivity contribution in [3.63, 3.8) is 0 Å². The van der Waals surface area contributed by atoms with Crippen LogP contribution >= 0.6 is 0 Å². The SMILES string of the molecule is COc1ccc(/C=N/Nc2nc(-c3ccccc3)cc(-c3ccc(F)cc3)n2)c(OC)c1. The topological polar surface area (TPSA) is 68.6 Å². The van der Waals surface area contributed by atoms with E-state index in [0.717, 1.165) is 22.4 Å². The molecule has 7 heteroatoms. The predicted octanol–water partition coefficient (Wildman–Crippen LogP) is 5.41. The molecule has 4 aromatic rings. The Morgan fingerprint density at radius 1 is 0.812 bits per heavy atom. The average molecular weight is 428 g/mol. The fraction of sp³-hybridized carbons (Fsp3) is 0.0800. The van der Waals surface area contributed by atoms with Crippen molar-refractivity contribution in [2.45, 2.75) is 0 Å². The van der Waals surface area contributed by atoms with Crippen LogP contribution < -0.4 is 14.9 Å². The highest BCUT2D eigenvalue weighted by molar-refractivity contribution is 5.84. The average Bonchev–Trinajstić information content (AvgIpc) is 2.85. The van der Waals surface area contributed by atoms with Gasteiger partial charge in [0.05, 0.1) is 31.8 Å². The van der Waals surface area contributed by atoms with Gasteiger partial charge in [-0.3, -0.25) is 0 Å². The number of rotatable bonds is 7. The third kappa shape index (κ3) is 4.89. The summed E-state index contributed by atoms with van der Waals surface area (Å²) >= 11 is 0. The maximum absolute atomic E-state index is 13.4. The number of aromatic nitrogens is 2. The molecule has 0 radical (unpaired) electrons. The van der Waals surface area contributed by atoms with Crippen LogP contribution in [0.5, 0.6) is 11.5 Å². The molecule has 0 spiro atoms. The van der Waals surface area contributed by atoms with Gasteiger partial charge in [0.25, 0.3) is 0 Å². The molecule has 0 aliphatic carbocycles. The lowest BCUT2D eigenvalue weighted by molar-refractivity contribution is 0.394. The Morgan fingerprint density at radius 2 is 1.50 bits per heavy atom. The van der Waals surface area contributed by atoms with Gasteiger partial charge in [-0.15, -0.1) is 0 Å². The lowest BCUT2D eigenvalue weighted by Gasteiger charge is -2.09. The molecule has 1 N–H and O–H groups in total. The Hall–Kier alpha value is -4.26. The highest BCUT2D eigenvalue weighted by Crippen LogP contribution is 2.26. The molecule has 0 saturated heterocycles. The molecule has 0 fully saturated rings. The standard InChI is InChI=1S/C25H21FN4O2/c1-31-21-13-10-19(24(14-21)32-2)16-27-30-25-28-22(17-6-4-3-5-7-17)15-23(29-25)18-8-11-20(26)12-9-18/h3-16H,1-2H3,(H,28,29,30)/b27-16+. The number of hydrogen-bond donors (Lipinski definition) is 1. The summed E-state index contributed by atoms with van der Waals surface area (Å²) in [5, 5.41) is 4.28. The third-order valence-electron chi connectivity index (χ3n) is 4.74. The van der Waals surface area contributed by atoms with Gasteiger partial charge >= 0.3 is 0 Å². The number of hydrazone groups is 1. The lowest BCUT2D eigenvalue weighted by Crippen LogP contribution is -2.01. The van der Waals surface area contributed by atoms with Crippen LogP contribution in [0.1, 0.15) is 5.56 Å². The minimum absolute atomic E-state index is 0.303. The van der Waals surface area contributed by atoms with Gasteiger partial charge in [0.2, 0.25) is 5.95 Å². The van der Waals surface area contributed by atoms with E-state index >= 15 is 0 Å². The first-order valence-corrected chi connectivity index (χ1v) is 9.88. The van der Waals surface area contributed by atoms with E-state index in [-0.39, 0.29) is 5.82 Å². The molecule has 32 heavy (non-hydrogen) atoms. The van der Waals surface area contributed by atoms with E-state index in [9.17, 15) is 4.39 Å². The van der Waals surface area contributed by atoms with Crippen LogP contribution in [0.4, 0.5) is 10.3 Å². The summed E-state index contributed by atoms with van der Waals surface area (Å²) in [4.78, 5) is 9.14. The van der Waals surface area contributed by atoms with Crippen molar-refractivity contribution in [2.24, 2.45) is 5.10 Å². The number of nitrogens with zero attached hydrogens (tertiary/aromatic N) is 3. The number of ether oxygens (including phenoxy) is 2. The van der Waals surface area contributed by atoms with E-state index in [1.54, 1.807) is 38.6 Å². The van der Waals surface area contributed by atoms with Crippen molar-refractivity contribution >= 4 is 12.2 Å². The third-order valence-corrected chi connectivity index (χ3v) is 4.74. The van der Waals surface area contributed by atoms with E-state index < -0.39 is 0 Å². The van der Waals surface area contributed by atoms with E-state index in [4.69, 9.17) is 9.47 Å². The number of nitrogens with one attached hydrogen (secondary N) is 1. The smallest absolute Gasteiger partial charge is 0.244 e. The van der Waals surface area contributed by atoms with Crippen LogP contribution in [-0.2, 0) is 0 Å². The number of hydrogen-bond acceptors (Lipinski definition) is 6. The number of anilines is 1. The fourth-order valence-electron chi connectivity index (χ4n) is 3.11. The monoisotopic (exact) mass is 428 g/mol. The largest absolute Gasteiger partial charge is 0.497 e. The highest BCUT2D eigenvalue weighted by atomic mass is 19.1. The summed E-state index contributed by atoms with van der Waals surface area (Å²) in [7, 11) is 3.18. The number of halogens is 1. The quantitative estimate of drug-likeness (QED) is 0.315. The molecule has 0 saturated carbocycles. The van der Waals surface area contributed by atoms with Crippen LogP contribution in [0.2, 0.25) is 0 Å². The molecule has 0 unspecified atom stereocenters. The predicted molar refractivity (Wildman–Crippen MR) is 124 cm³/mol. The Kier molecular flexibility index (Phi) is 6.36. The molecule has 0 aliphatic rings. The molecule has 3 aromatic carbocycles. The summed E-state index contributed by atoms with van der Waals surface area (Å²) in [6.07, 6.45) is 1.62. The number of methoxy groups -OCH3 is 2. The zero-order valence-corrected chi connectivity index (χ0v) is 17.6. The van der Waals surface area contributed by atoms with E-state index in [2.05, 4.69) is 20.5 Å². The summed E-state index contributed by atoms with van der Waals surface area (Å²) in [5.74, 6) is 1.33. The Morgan fingerprint density at radius 3 is 2.16 bits per heavy atom.